The molecule has 0 bridgehead atoms. The van der Waals surface area contributed by atoms with E-state index in [0.29, 0.717) is 25.7 Å². The SMILES string of the molecule is O=C(CCc1ccccc1)N[C@H](CO)C(=O)Nc1nnc(CCSCCc2nnc(NC(=O)[C@@H](CO)NC(=O)CCc3ccccc3)s2)s1. The average Bonchev–Trinajstić information content (AvgIpc) is 3.77. The lowest BCUT2D eigenvalue weighted by Gasteiger charge is -2.15. The minimum absolute atomic E-state index is 0.188. The first kappa shape index (κ1) is 37.5. The molecule has 6 N–H and O–H groups in total. The Hall–Kier alpha value is -4.29. The van der Waals surface area contributed by atoms with E-state index in [1.165, 1.54) is 22.7 Å². The fourth-order valence-electron chi connectivity index (χ4n) is 4.34. The first-order valence-electron chi connectivity index (χ1n) is 15.6. The molecule has 2 atom stereocenters. The molecule has 0 saturated carbocycles. The van der Waals surface area contributed by atoms with E-state index in [-0.39, 0.29) is 34.9 Å². The van der Waals surface area contributed by atoms with Gasteiger partial charge in [0, 0.05) is 25.7 Å². The number of benzene rings is 2. The van der Waals surface area contributed by atoms with Gasteiger partial charge in [0.15, 0.2) is 0 Å². The van der Waals surface area contributed by atoms with Crippen LogP contribution in [0.5, 0.6) is 0 Å². The van der Waals surface area contributed by atoms with Crippen LogP contribution in [0.4, 0.5) is 10.3 Å². The third-order valence-electron chi connectivity index (χ3n) is 6.95. The normalized spacial score (nSPS) is 12.1. The Morgan fingerprint density at radius 1 is 0.612 bits per heavy atom. The summed E-state index contributed by atoms with van der Waals surface area (Å²) in [5, 5.41) is 47.9. The minimum Gasteiger partial charge on any atom is -0.394 e. The van der Waals surface area contributed by atoms with Crippen molar-refractivity contribution in [3.8, 4) is 0 Å². The minimum atomic E-state index is -1.10. The van der Waals surface area contributed by atoms with E-state index in [1.54, 1.807) is 11.8 Å². The third kappa shape index (κ3) is 13.3. The number of nitrogens with one attached hydrogen (secondary N) is 4. The second-order valence-corrected chi connectivity index (χ2v) is 14.0. The third-order valence-corrected chi connectivity index (χ3v) is 9.73. The van der Waals surface area contributed by atoms with Crippen molar-refractivity contribution in [2.45, 2.75) is 50.6 Å². The van der Waals surface area contributed by atoms with Gasteiger partial charge in [-0.05, 0) is 35.5 Å². The van der Waals surface area contributed by atoms with Crippen LogP contribution in [0.1, 0.15) is 34.0 Å². The van der Waals surface area contributed by atoms with Gasteiger partial charge in [0.05, 0.1) is 13.2 Å². The van der Waals surface area contributed by atoms with Crippen molar-refractivity contribution in [3.05, 3.63) is 81.8 Å². The van der Waals surface area contributed by atoms with Crippen LogP contribution in [0.15, 0.2) is 60.7 Å². The smallest absolute Gasteiger partial charge is 0.251 e. The summed E-state index contributed by atoms with van der Waals surface area (Å²) in [5.41, 5.74) is 2.01. The number of aryl methyl sites for hydroxylation is 4. The lowest BCUT2D eigenvalue weighted by molar-refractivity contribution is -0.127. The Balaban J connectivity index is 1.10. The van der Waals surface area contributed by atoms with Crippen molar-refractivity contribution in [2.75, 3.05) is 35.4 Å². The maximum atomic E-state index is 12.6. The molecule has 2 aromatic heterocycles. The van der Waals surface area contributed by atoms with Crippen LogP contribution < -0.4 is 21.3 Å². The number of nitrogens with zero attached hydrogens (tertiary/aromatic N) is 4. The number of aromatic nitrogens is 4. The van der Waals surface area contributed by atoms with Crippen molar-refractivity contribution in [1.29, 1.82) is 0 Å². The number of aliphatic hydroxyl groups excluding tert-OH is 2. The van der Waals surface area contributed by atoms with Gasteiger partial charge in [-0.15, -0.1) is 20.4 Å². The van der Waals surface area contributed by atoms with E-state index in [9.17, 15) is 29.4 Å². The molecule has 0 aliphatic heterocycles. The summed E-state index contributed by atoms with van der Waals surface area (Å²) in [7, 11) is 0. The molecule has 4 aromatic rings. The number of aliphatic hydroxyl groups is 2. The quantitative estimate of drug-likeness (QED) is 0.0726. The van der Waals surface area contributed by atoms with Crippen LogP contribution in [0.3, 0.4) is 0 Å². The highest BCUT2D eigenvalue weighted by atomic mass is 32.2. The molecule has 0 unspecified atom stereocenters. The fraction of sp³-hybridized carbons (Fsp3) is 0.375. The van der Waals surface area contributed by atoms with Crippen molar-refractivity contribution >= 4 is 68.3 Å². The van der Waals surface area contributed by atoms with Gasteiger partial charge >= 0.3 is 0 Å². The summed E-state index contributed by atoms with van der Waals surface area (Å²) in [4.78, 5) is 49.8. The second-order valence-electron chi connectivity index (χ2n) is 10.7. The predicted molar refractivity (Wildman–Crippen MR) is 189 cm³/mol. The number of hydrogen-bond donors (Lipinski definition) is 6. The van der Waals surface area contributed by atoms with Crippen molar-refractivity contribution in [2.24, 2.45) is 0 Å². The average molecular weight is 727 g/mol. The van der Waals surface area contributed by atoms with Gasteiger partial charge in [-0.1, -0.05) is 83.3 Å². The molecular weight excluding hydrogens is 689 g/mol. The molecule has 0 aliphatic carbocycles. The number of anilines is 2. The number of hydrogen-bond acceptors (Lipinski definition) is 13. The summed E-state index contributed by atoms with van der Waals surface area (Å²) in [5.74, 6) is -0.345. The molecule has 0 saturated heterocycles. The Labute approximate surface area is 295 Å². The summed E-state index contributed by atoms with van der Waals surface area (Å²) in [6.45, 7) is -1.10. The monoisotopic (exact) mass is 726 g/mol. The molecular formula is C32H38N8O6S3. The van der Waals surface area contributed by atoms with E-state index in [2.05, 4.69) is 41.7 Å². The van der Waals surface area contributed by atoms with Gasteiger partial charge in [0.1, 0.15) is 22.1 Å². The zero-order valence-electron chi connectivity index (χ0n) is 26.5. The Morgan fingerprint density at radius 2 is 1.02 bits per heavy atom. The van der Waals surface area contributed by atoms with Crippen LogP contribution in [0.2, 0.25) is 0 Å². The fourth-order valence-corrected chi connectivity index (χ4v) is 6.97. The lowest BCUT2D eigenvalue weighted by atomic mass is 10.1. The highest BCUT2D eigenvalue weighted by molar-refractivity contribution is 7.99. The summed E-state index contributed by atoms with van der Waals surface area (Å²) in [6.07, 6.45) is 2.66. The molecule has 0 radical (unpaired) electrons. The first-order chi connectivity index (χ1) is 23.8. The van der Waals surface area contributed by atoms with Crippen LogP contribution in [-0.4, -0.2) is 91.0 Å². The van der Waals surface area contributed by atoms with Crippen LogP contribution in [0, 0.1) is 0 Å². The van der Waals surface area contributed by atoms with Crippen molar-refractivity contribution in [3.63, 3.8) is 0 Å². The molecule has 49 heavy (non-hydrogen) atoms. The molecule has 0 aliphatic rings. The maximum absolute atomic E-state index is 12.6. The zero-order chi connectivity index (χ0) is 34.8. The standard InChI is InChI=1S/C32H38N8O6S3/c41-19-23(33-25(43)13-11-21-7-3-1-4-8-21)29(45)35-31-39-37-27(48-31)15-17-47-18-16-28-38-40-32(49-28)36-30(46)24(20-42)34-26(44)14-12-22-9-5-2-6-10-22/h1-10,23-24,41-42H,11-20H2,(H,33,43)(H,34,44)(H,35,39,45)(H,36,40,46)/t23-,24-/m1/s1. The van der Waals surface area contributed by atoms with Crippen molar-refractivity contribution < 1.29 is 29.4 Å². The van der Waals surface area contributed by atoms with Crippen LogP contribution in [0.25, 0.3) is 0 Å². The summed E-state index contributed by atoms with van der Waals surface area (Å²) in [6, 6.07) is 16.8. The predicted octanol–water partition coefficient (Wildman–Crippen LogP) is 2.00. The lowest BCUT2D eigenvalue weighted by Crippen LogP contribution is -2.46. The molecule has 4 amide bonds. The highest BCUT2D eigenvalue weighted by Gasteiger charge is 2.22. The Kier molecular flexibility index (Phi) is 15.5. The molecule has 260 valence electrons. The summed E-state index contributed by atoms with van der Waals surface area (Å²) < 4.78 is 0. The van der Waals surface area contributed by atoms with E-state index in [1.807, 2.05) is 60.7 Å². The van der Waals surface area contributed by atoms with Gasteiger partial charge < -0.3 is 20.8 Å². The molecule has 0 spiro atoms. The maximum Gasteiger partial charge on any atom is 0.251 e. The topological polar surface area (TPSA) is 208 Å². The number of amides is 4. The molecule has 0 fully saturated rings. The molecule has 2 heterocycles. The van der Waals surface area contributed by atoms with Gasteiger partial charge in [-0.3, -0.25) is 29.8 Å². The second kappa shape index (κ2) is 20.3. The largest absolute Gasteiger partial charge is 0.394 e. The van der Waals surface area contributed by atoms with Crippen LogP contribution >= 0.6 is 34.4 Å². The number of carbonyl (C=O) groups excluding carboxylic acids is 4. The first-order valence-corrected chi connectivity index (χ1v) is 18.3. The van der Waals surface area contributed by atoms with Gasteiger partial charge in [-0.25, -0.2) is 0 Å². The number of carbonyl (C=O) groups is 4. The summed E-state index contributed by atoms with van der Waals surface area (Å²) >= 11 is 4.11. The molecule has 2 aromatic carbocycles. The van der Waals surface area contributed by atoms with Gasteiger partial charge in [0.2, 0.25) is 22.1 Å². The van der Waals surface area contributed by atoms with E-state index in [4.69, 9.17) is 0 Å². The van der Waals surface area contributed by atoms with E-state index in [0.717, 1.165) is 32.6 Å². The van der Waals surface area contributed by atoms with Gasteiger partial charge in [0.25, 0.3) is 11.8 Å². The van der Waals surface area contributed by atoms with Crippen LogP contribution in [-0.2, 0) is 44.9 Å². The van der Waals surface area contributed by atoms with Crippen molar-refractivity contribution in [1.82, 2.24) is 31.0 Å². The molecule has 17 heteroatoms. The molecule has 4 rings (SSSR count). The number of thioether (sulfide) groups is 1. The highest BCUT2D eigenvalue weighted by Crippen LogP contribution is 2.20. The van der Waals surface area contributed by atoms with E-state index >= 15 is 0 Å². The Bertz CT molecular complexity index is 1520. The Morgan fingerprint density at radius 3 is 1.41 bits per heavy atom. The molecule has 14 nitrogen and oxygen atoms in total. The number of rotatable bonds is 20. The zero-order valence-corrected chi connectivity index (χ0v) is 29.0. The van der Waals surface area contributed by atoms with Gasteiger partial charge in [-0.2, -0.15) is 11.8 Å². The van der Waals surface area contributed by atoms with E-state index < -0.39 is 37.1 Å².